The minimum absolute atomic E-state index is 0.104. The highest BCUT2D eigenvalue weighted by Crippen LogP contribution is 2.12. The molecule has 112 valence electrons. The zero-order valence-electron chi connectivity index (χ0n) is 11.8. The molecule has 0 saturated carbocycles. The average Bonchev–Trinajstić information content (AvgIpc) is 2.83. The molecule has 8 nitrogen and oxygen atoms in total. The van der Waals surface area contributed by atoms with Crippen LogP contribution in [0.1, 0.15) is 41.1 Å². The van der Waals surface area contributed by atoms with Gasteiger partial charge in [-0.2, -0.15) is 10.2 Å². The zero-order chi connectivity index (χ0) is 15.0. The van der Waals surface area contributed by atoms with Crippen LogP contribution < -0.4 is 5.69 Å². The van der Waals surface area contributed by atoms with E-state index in [9.17, 15) is 9.59 Å². The third-order valence-corrected chi connectivity index (χ3v) is 3.87. The van der Waals surface area contributed by atoms with Crippen molar-refractivity contribution in [3.63, 3.8) is 0 Å². The van der Waals surface area contributed by atoms with Gasteiger partial charge < -0.3 is 5.11 Å². The van der Waals surface area contributed by atoms with Crippen LogP contribution in [0.15, 0.2) is 11.0 Å². The largest absolute Gasteiger partial charge is 0.478 e. The van der Waals surface area contributed by atoms with Crippen LogP contribution >= 0.6 is 0 Å². The number of aromatic carboxylic acids is 1. The molecule has 1 aliphatic rings. The highest BCUT2D eigenvalue weighted by Gasteiger charge is 2.20. The molecule has 0 atom stereocenters. The third-order valence-electron chi connectivity index (χ3n) is 3.87. The van der Waals surface area contributed by atoms with Crippen molar-refractivity contribution in [2.45, 2.75) is 38.8 Å². The van der Waals surface area contributed by atoms with Gasteiger partial charge in [0.15, 0.2) is 0 Å². The summed E-state index contributed by atoms with van der Waals surface area (Å²) in [6, 6.07) is 0. The molecule has 0 saturated heterocycles. The quantitative estimate of drug-likeness (QED) is 0.874. The number of carbonyl (C=O) groups is 1. The fourth-order valence-corrected chi connectivity index (χ4v) is 2.70. The van der Waals surface area contributed by atoms with Crippen molar-refractivity contribution in [1.29, 1.82) is 0 Å². The molecule has 0 bridgehead atoms. The minimum Gasteiger partial charge on any atom is -0.478 e. The number of aromatic nitrogens is 5. The van der Waals surface area contributed by atoms with Gasteiger partial charge in [-0.1, -0.05) is 6.42 Å². The number of hydrogen-bond acceptors (Lipinski definition) is 4. The molecule has 0 fully saturated rings. The lowest BCUT2D eigenvalue weighted by Crippen LogP contribution is -2.27. The van der Waals surface area contributed by atoms with Gasteiger partial charge in [-0.3, -0.25) is 9.25 Å². The van der Waals surface area contributed by atoms with Crippen LogP contribution in [0.2, 0.25) is 0 Å². The monoisotopic (exact) mass is 291 g/mol. The predicted molar refractivity (Wildman–Crippen MR) is 73.3 cm³/mol. The van der Waals surface area contributed by atoms with E-state index in [1.165, 1.54) is 15.6 Å². The van der Waals surface area contributed by atoms with Crippen molar-refractivity contribution in [1.82, 2.24) is 24.1 Å². The Kier molecular flexibility index (Phi) is 3.36. The number of fused-ring (bicyclic) bond motifs is 1. The standard InChI is InChI=1S/C13H17N5O3/c1-16-10(9(7-14-16)12(19)20)8-18-13(21)17-6-4-2-3-5-11(17)15-18/h7H,2-6,8H2,1H3,(H,19,20). The fourth-order valence-electron chi connectivity index (χ4n) is 2.70. The Morgan fingerprint density at radius 1 is 1.38 bits per heavy atom. The molecule has 0 spiro atoms. The van der Waals surface area contributed by atoms with Gasteiger partial charge in [0.05, 0.1) is 18.4 Å². The Morgan fingerprint density at radius 3 is 2.95 bits per heavy atom. The number of carboxylic acids is 1. The normalized spacial score (nSPS) is 14.7. The lowest BCUT2D eigenvalue weighted by atomic mass is 10.2. The van der Waals surface area contributed by atoms with E-state index >= 15 is 0 Å². The molecule has 1 N–H and O–H groups in total. The Hall–Kier alpha value is -2.38. The van der Waals surface area contributed by atoms with Crippen molar-refractivity contribution in [3.8, 4) is 0 Å². The summed E-state index contributed by atoms with van der Waals surface area (Å²) in [5.41, 5.74) is 0.398. The molecular formula is C13H17N5O3. The van der Waals surface area contributed by atoms with E-state index in [1.807, 2.05) is 0 Å². The first-order valence-electron chi connectivity index (χ1n) is 6.98. The summed E-state index contributed by atoms with van der Waals surface area (Å²) in [6.07, 6.45) is 5.20. The second-order valence-corrected chi connectivity index (χ2v) is 5.25. The van der Waals surface area contributed by atoms with Crippen LogP contribution in [0, 0.1) is 0 Å². The first-order valence-corrected chi connectivity index (χ1v) is 6.98. The van der Waals surface area contributed by atoms with E-state index in [0.29, 0.717) is 12.2 Å². The lowest BCUT2D eigenvalue weighted by Gasteiger charge is -2.03. The van der Waals surface area contributed by atoms with E-state index in [-0.39, 0.29) is 17.8 Å². The summed E-state index contributed by atoms with van der Waals surface area (Å²) < 4.78 is 4.51. The summed E-state index contributed by atoms with van der Waals surface area (Å²) in [6.45, 7) is 0.808. The number of rotatable bonds is 3. The van der Waals surface area contributed by atoms with E-state index in [4.69, 9.17) is 5.11 Å². The van der Waals surface area contributed by atoms with Gasteiger partial charge in [0.1, 0.15) is 11.4 Å². The summed E-state index contributed by atoms with van der Waals surface area (Å²) in [5, 5.41) is 17.5. The van der Waals surface area contributed by atoms with Gasteiger partial charge in [0, 0.05) is 20.0 Å². The van der Waals surface area contributed by atoms with Crippen molar-refractivity contribution < 1.29 is 9.90 Å². The van der Waals surface area contributed by atoms with Crippen LogP contribution in [0.3, 0.4) is 0 Å². The van der Waals surface area contributed by atoms with Crippen molar-refractivity contribution in [3.05, 3.63) is 33.8 Å². The molecule has 0 aromatic carbocycles. The van der Waals surface area contributed by atoms with Gasteiger partial charge in [-0.05, 0) is 12.8 Å². The second kappa shape index (κ2) is 5.19. The highest BCUT2D eigenvalue weighted by atomic mass is 16.4. The molecule has 0 radical (unpaired) electrons. The van der Waals surface area contributed by atoms with Crippen LogP contribution in [0.25, 0.3) is 0 Å². The number of nitrogens with zero attached hydrogens (tertiary/aromatic N) is 5. The van der Waals surface area contributed by atoms with Crippen molar-refractivity contribution >= 4 is 5.97 Å². The SMILES string of the molecule is Cn1ncc(C(=O)O)c1Cn1nc2n(c1=O)CCCCC2. The molecule has 0 amide bonds. The first kappa shape index (κ1) is 13.6. The number of carboxylic acid groups (broad SMARTS) is 1. The van der Waals surface area contributed by atoms with Gasteiger partial charge in [0.2, 0.25) is 0 Å². The van der Waals surface area contributed by atoms with Gasteiger partial charge >= 0.3 is 11.7 Å². The summed E-state index contributed by atoms with van der Waals surface area (Å²) >= 11 is 0. The molecule has 3 heterocycles. The lowest BCUT2D eigenvalue weighted by molar-refractivity contribution is 0.0695. The zero-order valence-corrected chi connectivity index (χ0v) is 11.8. The first-order chi connectivity index (χ1) is 10.1. The molecule has 0 aliphatic carbocycles. The molecule has 8 heteroatoms. The topological polar surface area (TPSA) is 94.9 Å². The van der Waals surface area contributed by atoms with Crippen LogP contribution in [-0.2, 0) is 26.6 Å². The Labute approximate surface area is 120 Å². The summed E-state index contributed by atoms with van der Waals surface area (Å²) in [7, 11) is 1.66. The fraction of sp³-hybridized carbons (Fsp3) is 0.538. The van der Waals surface area contributed by atoms with Crippen molar-refractivity contribution in [2.24, 2.45) is 7.05 Å². The van der Waals surface area contributed by atoms with Crippen LogP contribution in [-0.4, -0.2) is 35.2 Å². The molecule has 0 unspecified atom stereocenters. The maximum Gasteiger partial charge on any atom is 0.346 e. The van der Waals surface area contributed by atoms with Crippen LogP contribution in [0.5, 0.6) is 0 Å². The molecule has 3 rings (SSSR count). The Bertz CT molecular complexity index is 740. The molecule has 21 heavy (non-hydrogen) atoms. The third kappa shape index (κ3) is 2.37. The van der Waals surface area contributed by atoms with Gasteiger partial charge in [-0.15, -0.1) is 0 Å². The highest BCUT2D eigenvalue weighted by molar-refractivity contribution is 5.88. The molecule has 1 aliphatic heterocycles. The molecular weight excluding hydrogens is 274 g/mol. The number of aryl methyl sites for hydroxylation is 2. The van der Waals surface area contributed by atoms with Crippen LogP contribution in [0.4, 0.5) is 0 Å². The average molecular weight is 291 g/mol. The summed E-state index contributed by atoms with van der Waals surface area (Å²) in [5.74, 6) is -0.261. The van der Waals surface area contributed by atoms with E-state index in [0.717, 1.165) is 31.5 Å². The van der Waals surface area contributed by atoms with E-state index in [2.05, 4.69) is 10.2 Å². The molecule has 2 aromatic heterocycles. The van der Waals surface area contributed by atoms with E-state index < -0.39 is 5.97 Å². The minimum atomic E-state index is -1.05. The second-order valence-electron chi connectivity index (χ2n) is 5.25. The van der Waals surface area contributed by atoms with Crippen molar-refractivity contribution in [2.75, 3.05) is 0 Å². The number of hydrogen-bond donors (Lipinski definition) is 1. The molecule has 2 aromatic rings. The van der Waals surface area contributed by atoms with E-state index in [1.54, 1.807) is 11.6 Å². The predicted octanol–water partition coefficient (Wildman–Crippen LogP) is 0.251. The van der Waals surface area contributed by atoms with Gasteiger partial charge in [-0.25, -0.2) is 14.3 Å². The Balaban J connectivity index is 1.98. The Morgan fingerprint density at radius 2 is 2.19 bits per heavy atom. The van der Waals surface area contributed by atoms with Gasteiger partial charge in [0.25, 0.3) is 0 Å². The summed E-state index contributed by atoms with van der Waals surface area (Å²) in [4.78, 5) is 23.6. The maximum atomic E-state index is 12.4. The maximum absolute atomic E-state index is 12.4. The smallest absolute Gasteiger partial charge is 0.346 e.